The minimum absolute atomic E-state index is 0.636. The number of hydrogen-bond donors (Lipinski definition) is 0. The Hall–Kier alpha value is -2.17. The molecule has 0 bridgehead atoms. The van der Waals surface area contributed by atoms with Crippen LogP contribution in [0.25, 0.3) is 11.0 Å². The Kier molecular flexibility index (Phi) is 5.55. The van der Waals surface area contributed by atoms with Crippen molar-refractivity contribution in [2.24, 2.45) is 7.05 Å². The quantitative estimate of drug-likeness (QED) is 0.668. The number of piperidine rings is 1. The standard InChI is InChI=1S/C23H30N4/c1-25(16-14-19-9-4-3-5-10-19)20-11-8-15-27(17-20)18-23-24-21-12-6-7-13-22(21)26(23)2/h3-7,9-10,12-13,20H,8,11,14-18H2,1-2H3/t20-/m0/s1. The third-order valence-electron chi connectivity index (χ3n) is 5.94. The molecule has 1 fully saturated rings. The number of likely N-dealkylation sites (N-methyl/N-ethyl adjacent to an activating group) is 1. The SMILES string of the molecule is CN(CCc1ccccc1)[C@H]1CCCN(Cc2nc3ccccc3n2C)C1. The molecule has 27 heavy (non-hydrogen) atoms. The summed E-state index contributed by atoms with van der Waals surface area (Å²) in [6.45, 7) is 4.36. The van der Waals surface area contributed by atoms with Gasteiger partial charge in [-0.25, -0.2) is 4.98 Å². The van der Waals surface area contributed by atoms with Gasteiger partial charge in [0.1, 0.15) is 5.82 Å². The van der Waals surface area contributed by atoms with Crippen LogP contribution in [0, 0.1) is 0 Å². The average Bonchev–Trinajstić information content (AvgIpc) is 3.03. The third kappa shape index (κ3) is 4.23. The van der Waals surface area contributed by atoms with E-state index in [-0.39, 0.29) is 0 Å². The summed E-state index contributed by atoms with van der Waals surface area (Å²) in [5.41, 5.74) is 3.75. The fraction of sp³-hybridized carbons (Fsp3) is 0.435. The second-order valence-electron chi connectivity index (χ2n) is 7.82. The minimum Gasteiger partial charge on any atom is -0.330 e. The van der Waals surface area contributed by atoms with Gasteiger partial charge in [0.15, 0.2) is 0 Å². The smallest absolute Gasteiger partial charge is 0.123 e. The molecule has 3 aromatic rings. The molecule has 1 aliphatic heterocycles. The Bertz CT molecular complexity index is 870. The minimum atomic E-state index is 0.636. The van der Waals surface area contributed by atoms with Crippen LogP contribution < -0.4 is 0 Å². The van der Waals surface area contributed by atoms with Crippen LogP contribution in [0.5, 0.6) is 0 Å². The Labute approximate surface area is 162 Å². The number of hydrogen-bond acceptors (Lipinski definition) is 3. The summed E-state index contributed by atoms with van der Waals surface area (Å²) >= 11 is 0. The van der Waals surface area contributed by atoms with Gasteiger partial charge in [-0.3, -0.25) is 4.90 Å². The van der Waals surface area contributed by atoms with E-state index in [0.717, 1.165) is 31.6 Å². The van der Waals surface area contributed by atoms with E-state index < -0.39 is 0 Å². The molecule has 0 spiro atoms. The highest BCUT2D eigenvalue weighted by Crippen LogP contribution is 2.20. The van der Waals surface area contributed by atoms with E-state index in [1.807, 2.05) is 0 Å². The maximum absolute atomic E-state index is 4.86. The van der Waals surface area contributed by atoms with Crippen molar-refractivity contribution in [1.29, 1.82) is 0 Å². The van der Waals surface area contributed by atoms with Crippen molar-refractivity contribution in [3.05, 3.63) is 66.0 Å². The van der Waals surface area contributed by atoms with E-state index >= 15 is 0 Å². The molecule has 0 amide bonds. The van der Waals surface area contributed by atoms with Gasteiger partial charge in [-0.1, -0.05) is 42.5 Å². The first-order chi connectivity index (χ1) is 13.2. The molecule has 1 aliphatic rings. The molecule has 1 atom stereocenters. The first-order valence-corrected chi connectivity index (χ1v) is 10.1. The molecule has 0 N–H and O–H groups in total. The van der Waals surface area contributed by atoms with E-state index in [9.17, 15) is 0 Å². The largest absolute Gasteiger partial charge is 0.330 e. The topological polar surface area (TPSA) is 24.3 Å². The second-order valence-corrected chi connectivity index (χ2v) is 7.82. The normalized spacial score (nSPS) is 18.4. The molecular weight excluding hydrogens is 332 g/mol. The average molecular weight is 363 g/mol. The van der Waals surface area contributed by atoms with Crippen LogP contribution in [0.1, 0.15) is 24.2 Å². The number of aromatic nitrogens is 2. The van der Waals surface area contributed by atoms with E-state index in [1.165, 1.54) is 36.3 Å². The summed E-state index contributed by atoms with van der Waals surface area (Å²) in [4.78, 5) is 9.99. The molecule has 4 heteroatoms. The van der Waals surface area contributed by atoms with Crippen molar-refractivity contribution in [1.82, 2.24) is 19.4 Å². The van der Waals surface area contributed by atoms with Crippen LogP contribution >= 0.6 is 0 Å². The van der Waals surface area contributed by atoms with Crippen LogP contribution in [0.3, 0.4) is 0 Å². The number of imidazole rings is 1. The Morgan fingerprint density at radius 3 is 2.67 bits per heavy atom. The van der Waals surface area contributed by atoms with Crippen LogP contribution in [0.15, 0.2) is 54.6 Å². The Morgan fingerprint density at radius 2 is 1.85 bits per heavy atom. The molecular formula is C23H30N4. The van der Waals surface area contributed by atoms with E-state index in [4.69, 9.17) is 4.98 Å². The first kappa shape index (κ1) is 18.2. The van der Waals surface area contributed by atoms with E-state index in [1.54, 1.807) is 0 Å². The summed E-state index contributed by atoms with van der Waals surface area (Å²) < 4.78 is 2.25. The fourth-order valence-electron chi connectivity index (χ4n) is 4.20. The molecule has 142 valence electrons. The molecule has 2 aromatic carbocycles. The van der Waals surface area contributed by atoms with Crippen molar-refractivity contribution in [2.75, 3.05) is 26.7 Å². The van der Waals surface area contributed by atoms with Gasteiger partial charge in [0.05, 0.1) is 17.6 Å². The van der Waals surface area contributed by atoms with E-state index in [2.05, 4.69) is 83.1 Å². The Morgan fingerprint density at radius 1 is 1.07 bits per heavy atom. The summed E-state index contributed by atoms with van der Waals surface area (Å²) in [5.74, 6) is 1.17. The lowest BCUT2D eigenvalue weighted by molar-refractivity contribution is 0.110. The molecule has 0 saturated carbocycles. The number of aryl methyl sites for hydroxylation is 1. The Balaban J connectivity index is 1.36. The van der Waals surface area contributed by atoms with Crippen LogP contribution in [0.2, 0.25) is 0 Å². The fourth-order valence-corrected chi connectivity index (χ4v) is 4.20. The molecule has 4 nitrogen and oxygen atoms in total. The van der Waals surface area contributed by atoms with Crippen LogP contribution in [-0.4, -0.2) is 52.1 Å². The van der Waals surface area contributed by atoms with Crippen molar-refractivity contribution in [3.8, 4) is 0 Å². The lowest BCUT2D eigenvalue weighted by Gasteiger charge is -2.37. The summed E-state index contributed by atoms with van der Waals surface area (Å²) in [7, 11) is 4.42. The highest BCUT2D eigenvalue weighted by atomic mass is 15.2. The number of likely N-dealkylation sites (tertiary alicyclic amines) is 1. The van der Waals surface area contributed by atoms with Crippen molar-refractivity contribution >= 4 is 11.0 Å². The van der Waals surface area contributed by atoms with Crippen LogP contribution in [-0.2, 0) is 20.0 Å². The molecule has 1 aromatic heterocycles. The van der Waals surface area contributed by atoms with Gasteiger partial charge in [-0.2, -0.15) is 0 Å². The number of rotatable bonds is 6. The molecule has 2 heterocycles. The van der Waals surface area contributed by atoms with Gasteiger partial charge in [0.25, 0.3) is 0 Å². The van der Waals surface area contributed by atoms with Crippen LogP contribution in [0.4, 0.5) is 0 Å². The third-order valence-corrected chi connectivity index (χ3v) is 5.94. The van der Waals surface area contributed by atoms with Gasteiger partial charge in [0, 0.05) is 26.2 Å². The maximum Gasteiger partial charge on any atom is 0.123 e. The number of para-hydroxylation sites is 2. The van der Waals surface area contributed by atoms with E-state index in [0.29, 0.717) is 6.04 Å². The molecule has 1 saturated heterocycles. The summed E-state index contributed by atoms with van der Waals surface area (Å²) in [6.07, 6.45) is 3.69. The zero-order valence-electron chi connectivity index (χ0n) is 16.5. The summed E-state index contributed by atoms with van der Waals surface area (Å²) in [5, 5.41) is 0. The van der Waals surface area contributed by atoms with Crippen molar-refractivity contribution in [3.63, 3.8) is 0 Å². The number of fused-ring (bicyclic) bond motifs is 1. The van der Waals surface area contributed by atoms with Gasteiger partial charge in [-0.15, -0.1) is 0 Å². The van der Waals surface area contributed by atoms with Gasteiger partial charge in [0.2, 0.25) is 0 Å². The highest BCUT2D eigenvalue weighted by Gasteiger charge is 2.24. The van der Waals surface area contributed by atoms with Gasteiger partial charge >= 0.3 is 0 Å². The number of benzene rings is 2. The van der Waals surface area contributed by atoms with Crippen molar-refractivity contribution < 1.29 is 0 Å². The predicted molar refractivity (Wildman–Crippen MR) is 112 cm³/mol. The van der Waals surface area contributed by atoms with Gasteiger partial charge in [-0.05, 0) is 50.6 Å². The predicted octanol–water partition coefficient (Wildman–Crippen LogP) is 3.71. The molecule has 0 unspecified atom stereocenters. The zero-order chi connectivity index (χ0) is 18.6. The summed E-state index contributed by atoms with van der Waals surface area (Å²) in [6, 6.07) is 19.9. The highest BCUT2D eigenvalue weighted by molar-refractivity contribution is 5.75. The monoisotopic (exact) mass is 362 g/mol. The molecule has 0 radical (unpaired) electrons. The zero-order valence-corrected chi connectivity index (χ0v) is 16.5. The molecule has 0 aliphatic carbocycles. The lowest BCUT2D eigenvalue weighted by Crippen LogP contribution is -2.46. The van der Waals surface area contributed by atoms with Crippen molar-refractivity contribution in [2.45, 2.75) is 31.8 Å². The first-order valence-electron chi connectivity index (χ1n) is 10.1. The maximum atomic E-state index is 4.86. The lowest BCUT2D eigenvalue weighted by atomic mass is 10.0. The second kappa shape index (κ2) is 8.24. The molecule has 4 rings (SSSR count). The number of nitrogens with zero attached hydrogens (tertiary/aromatic N) is 4. The van der Waals surface area contributed by atoms with Gasteiger partial charge < -0.3 is 9.47 Å².